The quantitative estimate of drug-likeness (QED) is 0.497. The van der Waals surface area contributed by atoms with Crippen molar-refractivity contribution in [1.82, 2.24) is 0 Å². The fourth-order valence-corrected chi connectivity index (χ4v) is 1.96. The van der Waals surface area contributed by atoms with Crippen LogP contribution < -0.4 is 4.74 Å². The predicted octanol–water partition coefficient (Wildman–Crippen LogP) is 2.61. The lowest BCUT2D eigenvalue weighted by Gasteiger charge is -2.12. The third-order valence-electron chi connectivity index (χ3n) is 2.49. The number of esters is 1. The van der Waals surface area contributed by atoms with Crippen LogP contribution in [0.5, 0.6) is 5.75 Å². The highest BCUT2D eigenvalue weighted by molar-refractivity contribution is 14.1. The lowest BCUT2D eigenvalue weighted by Crippen LogP contribution is -2.08. The van der Waals surface area contributed by atoms with Crippen LogP contribution in [0.3, 0.4) is 0 Å². The van der Waals surface area contributed by atoms with Gasteiger partial charge < -0.3 is 14.6 Å². The summed E-state index contributed by atoms with van der Waals surface area (Å²) in [4.78, 5) is 11.4. The first-order chi connectivity index (χ1) is 8.62. The van der Waals surface area contributed by atoms with Gasteiger partial charge in [0.2, 0.25) is 0 Å². The molecule has 0 amide bonds. The summed E-state index contributed by atoms with van der Waals surface area (Å²) in [6, 6.07) is 7.07. The molecule has 0 radical (unpaired) electrons. The predicted molar refractivity (Wildman–Crippen MR) is 76.7 cm³/mol. The van der Waals surface area contributed by atoms with Gasteiger partial charge in [0.15, 0.2) is 0 Å². The maximum Gasteiger partial charge on any atom is 0.334 e. The second-order valence-electron chi connectivity index (χ2n) is 3.62. The molecule has 4 nitrogen and oxygen atoms in total. The Hall–Kier alpha value is -1.08. The zero-order valence-electron chi connectivity index (χ0n) is 10.2. The van der Waals surface area contributed by atoms with Crippen molar-refractivity contribution in [2.24, 2.45) is 0 Å². The SMILES string of the molecule is COC(=O)/C(=C\I)CC(O)c1ccc(OC)cc1. The average Bonchev–Trinajstić information content (AvgIpc) is 2.43. The van der Waals surface area contributed by atoms with E-state index in [-0.39, 0.29) is 6.42 Å². The van der Waals surface area contributed by atoms with Gasteiger partial charge in [-0.3, -0.25) is 0 Å². The number of halogens is 1. The molecule has 0 heterocycles. The minimum Gasteiger partial charge on any atom is -0.497 e. The number of benzene rings is 1. The highest BCUT2D eigenvalue weighted by atomic mass is 127. The topological polar surface area (TPSA) is 55.8 Å². The molecule has 0 bridgehead atoms. The van der Waals surface area contributed by atoms with Gasteiger partial charge in [0, 0.05) is 12.0 Å². The van der Waals surface area contributed by atoms with E-state index >= 15 is 0 Å². The summed E-state index contributed by atoms with van der Waals surface area (Å²) in [7, 11) is 2.90. The van der Waals surface area contributed by atoms with E-state index in [0.717, 1.165) is 11.3 Å². The summed E-state index contributed by atoms with van der Waals surface area (Å²) in [6.45, 7) is 0. The number of carbonyl (C=O) groups excluding carboxylic acids is 1. The molecule has 0 aliphatic heterocycles. The lowest BCUT2D eigenvalue weighted by atomic mass is 10.0. The number of rotatable bonds is 5. The van der Waals surface area contributed by atoms with Gasteiger partial charge >= 0.3 is 5.97 Å². The van der Waals surface area contributed by atoms with Gasteiger partial charge in [-0.25, -0.2) is 4.79 Å². The molecule has 1 unspecified atom stereocenters. The number of hydrogen-bond donors (Lipinski definition) is 1. The fourth-order valence-electron chi connectivity index (χ4n) is 1.46. The molecule has 0 aliphatic carbocycles. The van der Waals surface area contributed by atoms with E-state index in [1.807, 2.05) is 22.6 Å². The second-order valence-corrected chi connectivity index (χ2v) is 4.24. The molecule has 5 heteroatoms. The van der Waals surface area contributed by atoms with Gasteiger partial charge in [-0.2, -0.15) is 0 Å². The molecule has 1 aromatic rings. The highest BCUT2D eigenvalue weighted by Crippen LogP contribution is 2.24. The molecule has 1 atom stereocenters. The molecule has 98 valence electrons. The van der Waals surface area contributed by atoms with E-state index in [0.29, 0.717) is 5.57 Å². The van der Waals surface area contributed by atoms with Crippen LogP contribution in [0.1, 0.15) is 18.1 Å². The van der Waals surface area contributed by atoms with E-state index in [2.05, 4.69) is 4.74 Å². The summed E-state index contributed by atoms with van der Waals surface area (Å²) < 4.78 is 11.3. The number of ether oxygens (including phenoxy) is 2. The van der Waals surface area contributed by atoms with Gasteiger partial charge in [-0.15, -0.1) is 0 Å². The fraction of sp³-hybridized carbons (Fsp3) is 0.308. The van der Waals surface area contributed by atoms with Crippen molar-refractivity contribution in [2.75, 3.05) is 14.2 Å². The minimum absolute atomic E-state index is 0.224. The number of methoxy groups -OCH3 is 2. The van der Waals surface area contributed by atoms with Crippen LogP contribution in [0, 0.1) is 0 Å². The van der Waals surface area contributed by atoms with Gasteiger partial charge in [-0.1, -0.05) is 34.7 Å². The zero-order chi connectivity index (χ0) is 13.5. The van der Waals surface area contributed by atoms with Gasteiger partial charge in [-0.05, 0) is 21.8 Å². The van der Waals surface area contributed by atoms with Crippen LogP contribution in [-0.2, 0) is 9.53 Å². The Labute approximate surface area is 120 Å². The monoisotopic (exact) mass is 362 g/mol. The van der Waals surface area contributed by atoms with Crippen LogP contribution in [-0.4, -0.2) is 25.3 Å². The minimum atomic E-state index is -0.740. The van der Waals surface area contributed by atoms with Crippen molar-refractivity contribution in [2.45, 2.75) is 12.5 Å². The molecule has 0 saturated heterocycles. The normalized spacial score (nSPS) is 13.0. The summed E-state index contributed by atoms with van der Waals surface area (Å²) in [5, 5.41) is 10.0. The van der Waals surface area contributed by atoms with Crippen molar-refractivity contribution in [3.8, 4) is 5.75 Å². The Morgan fingerprint density at radius 3 is 2.44 bits per heavy atom. The standard InChI is InChI=1S/C13H15IO4/c1-17-11-5-3-9(4-6-11)12(15)7-10(8-14)13(16)18-2/h3-6,8,12,15H,7H2,1-2H3/b10-8-. The van der Waals surface area contributed by atoms with Gasteiger partial charge in [0.25, 0.3) is 0 Å². The molecule has 1 aromatic carbocycles. The molecule has 1 rings (SSSR count). The molecule has 0 spiro atoms. The summed E-state index contributed by atoms with van der Waals surface area (Å²) in [5.41, 5.74) is 1.18. The number of hydrogen-bond acceptors (Lipinski definition) is 4. The number of aliphatic hydroxyl groups is 1. The Bertz CT molecular complexity index is 425. The van der Waals surface area contributed by atoms with E-state index in [1.165, 1.54) is 7.11 Å². The lowest BCUT2D eigenvalue weighted by molar-refractivity contribution is -0.136. The van der Waals surface area contributed by atoms with Crippen molar-refractivity contribution < 1.29 is 19.4 Å². The second kappa shape index (κ2) is 7.38. The Morgan fingerprint density at radius 2 is 2.00 bits per heavy atom. The van der Waals surface area contributed by atoms with Crippen molar-refractivity contribution >= 4 is 28.6 Å². The van der Waals surface area contributed by atoms with Crippen molar-refractivity contribution in [1.29, 1.82) is 0 Å². The summed E-state index contributed by atoms with van der Waals surface area (Å²) in [5.74, 6) is 0.306. The molecule has 0 fully saturated rings. The van der Waals surface area contributed by atoms with Gasteiger partial charge in [0.05, 0.1) is 20.3 Å². The molecule has 18 heavy (non-hydrogen) atoms. The number of aliphatic hydroxyl groups excluding tert-OH is 1. The third-order valence-corrected chi connectivity index (χ3v) is 3.24. The van der Waals surface area contributed by atoms with Crippen molar-refractivity contribution in [3.05, 3.63) is 39.5 Å². The maximum atomic E-state index is 11.4. The van der Waals surface area contributed by atoms with Crippen LogP contribution in [0.15, 0.2) is 33.9 Å². The highest BCUT2D eigenvalue weighted by Gasteiger charge is 2.16. The zero-order valence-corrected chi connectivity index (χ0v) is 12.4. The number of carbonyl (C=O) groups is 1. The Morgan fingerprint density at radius 1 is 1.39 bits per heavy atom. The van der Waals surface area contributed by atoms with E-state index < -0.39 is 12.1 Å². The van der Waals surface area contributed by atoms with Crippen LogP contribution in [0.25, 0.3) is 0 Å². The largest absolute Gasteiger partial charge is 0.497 e. The smallest absolute Gasteiger partial charge is 0.334 e. The summed E-state index contributed by atoms with van der Waals surface area (Å²) in [6.07, 6.45) is -0.516. The van der Waals surface area contributed by atoms with E-state index in [9.17, 15) is 9.90 Å². The van der Waals surface area contributed by atoms with Gasteiger partial charge in [0.1, 0.15) is 5.75 Å². The van der Waals surface area contributed by atoms with Crippen LogP contribution in [0.4, 0.5) is 0 Å². The van der Waals surface area contributed by atoms with E-state index in [4.69, 9.17) is 4.74 Å². The summed E-state index contributed by atoms with van der Waals surface area (Å²) >= 11 is 1.96. The van der Waals surface area contributed by atoms with E-state index in [1.54, 1.807) is 35.5 Å². The first-order valence-corrected chi connectivity index (χ1v) is 6.56. The molecule has 0 saturated carbocycles. The molecular formula is C13H15IO4. The average molecular weight is 362 g/mol. The third kappa shape index (κ3) is 3.99. The van der Waals surface area contributed by atoms with Crippen LogP contribution >= 0.6 is 22.6 Å². The van der Waals surface area contributed by atoms with Crippen molar-refractivity contribution in [3.63, 3.8) is 0 Å². The molecule has 0 aromatic heterocycles. The Kier molecular flexibility index (Phi) is 6.14. The molecule has 0 aliphatic rings. The molecular weight excluding hydrogens is 347 g/mol. The first-order valence-electron chi connectivity index (χ1n) is 5.32. The van der Waals surface area contributed by atoms with Crippen LogP contribution in [0.2, 0.25) is 0 Å². The first kappa shape index (κ1) is 15.0. The molecule has 1 N–H and O–H groups in total. The maximum absolute atomic E-state index is 11.4. The Balaban J connectivity index is 2.74.